The van der Waals surface area contributed by atoms with Crippen LogP contribution >= 0.6 is 0 Å². The summed E-state index contributed by atoms with van der Waals surface area (Å²) in [6.45, 7) is 2.18. The molecule has 17 heavy (non-hydrogen) atoms. The van der Waals surface area contributed by atoms with Crippen molar-refractivity contribution in [3.8, 4) is 0 Å². The molecule has 0 aromatic heterocycles. The van der Waals surface area contributed by atoms with Crippen molar-refractivity contribution in [1.82, 2.24) is 0 Å². The van der Waals surface area contributed by atoms with Gasteiger partial charge in [-0.05, 0) is 29.7 Å². The highest BCUT2D eigenvalue weighted by atomic mass is 16.3. The van der Waals surface area contributed by atoms with Crippen molar-refractivity contribution in [2.24, 2.45) is 5.73 Å². The van der Waals surface area contributed by atoms with Crippen LogP contribution in [0.5, 0.6) is 0 Å². The van der Waals surface area contributed by atoms with E-state index >= 15 is 0 Å². The second-order valence-corrected chi connectivity index (χ2v) is 4.55. The summed E-state index contributed by atoms with van der Waals surface area (Å²) in [6, 6.07) is 14.6. The molecule has 0 aliphatic carbocycles. The van der Waals surface area contributed by atoms with Gasteiger partial charge in [0.1, 0.15) is 0 Å². The number of aliphatic hydroxyl groups is 1. The van der Waals surface area contributed by atoms with Crippen molar-refractivity contribution >= 4 is 10.8 Å². The van der Waals surface area contributed by atoms with E-state index in [2.05, 4.69) is 30.3 Å². The van der Waals surface area contributed by atoms with Crippen LogP contribution in [0.4, 0.5) is 0 Å². The highest BCUT2D eigenvalue weighted by Crippen LogP contribution is 2.29. The summed E-state index contributed by atoms with van der Waals surface area (Å²) < 4.78 is 0. The molecule has 3 N–H and O–H groups in total. The number of benzene rings is 2. The summed E-state index contributed by atoms with van der Waals surface area (Å²) in [7, 11) is 0. The standard InChI is InChI=1S/C15H19NO/c1-11(16)13(9-10-17)15-8-4-6-12-5-2-3-7-14(12)15/h2-8,11,13,17H,9-10,16H2,1H3. The Balaban J connectivity index is 2.52. The van der Waals surface area contributed by atoms with E-state index in [4.69, 9.17) is 10.8 Å². The van der Waals surface area contributed by atoms with Gasteiger partial charge in [0.2, 0.25) is 0 Å². The van der Waals surface area contributed by atoms with Gasteiger partial charge in [0.15, 0.2) is 0 Å². The molecule has 2 aromatic carbocycles. The van der Waals surface area contributed by atoms with Gasteiger partial charge in [-0.2, -0.15) is 0 Å². The van der Waals surface area contributed by atoms with E-state index in [1.165, 1.54) is 16.3 Å². The van der Waals surface area contributed by atoms with E-state index in [0.29, 0.717) is 6.42 Å². The molecule has 0 radical (unpaired) electrons. The molecule has 0 aliphatic heterocycles. The van der Waals surface area contributed by atoms with Crippen molar-refractivity contribution in [2.75, 3.05) is 6.61 Å². The van der Waals surface area contributed by atoms with Crippen LogP contribution in [-0.4, -0.2) is 17.8 Å². The minimum absolute atomic E-state index is 0.0490. The predicted octanol–water partition coefficient (Wildman–Crippen LogP) is 2.65. The smallest absolute Gasteiger partial charge is 0.0437 e. The average Bonchev–Trinajstić information content (AvgIpc) is 2.35. The summed E-state index contributed by atoms with van der Waals surface area (Å²) >= 11 is 0. The Bertz CT molecular complexity index is 488. The monoisotopic (exact) mass is 229 g/mol. The van der Waals surface area contributed by atoms with Crippen LogP contribution in [0.3, 0.4) is 0 Å². The Kier molecular flexibility index (Phi) is 3.77. The molecule has 0 amide bonds. The van der Waals surface area contributed by atoms with Crippen LogP contribution in [-0.2, 0) is 0 Å². The third-order valence-electron chi connectivity index (χ3n) is 3.30. The van der Waals surface area contributed by atoms with E-state index in [9.17, 15) is 0 Å². The van der Waals surface area contributed by atoms with Crippen molar-refractivity contribution < 1.29 is 5.11 Å². The molecule has 2 nitrogen and oxygen atoms in total. The quantitative estimate of drug-likeness (QED) is 0.846. The zero-order valence-electron chi connectivity index (χ0n) is 10.1. The Morgan fingerprint density at radius 2 is 1.82 bits per heavy atom. The third kappa shape index (κ3) is 2.48. The molecule has 0 aliphatic rings. The molecule has 90 valence electrons. The van der Waals surface area contributed by atoms with Gasteiger partial charge in [0.25, 0.3) is 0 Å². The number of rotatable bonds is 4. The first-order chi connectivity index (χ1) is 8.24. The number of nitrogens with two attached hydrogens (primary N) is 1. The molecular weight excluding hydrogens is 210 g/mol. The van der Waals surface area contributed by atoms with E-state index in [-0.39, 0.29) is 18.6 Å². The fraction of sp³-hybridized carbons (Fsp3) is 0.333. The first-order valence-corrected chi connectivity index (χ1v) is 6.08. The Hall–Kier alpha value is -1.38. The maximum Gasteiger partial charge on any atom is 0.0437 e. The van der Waals surface area contributed by atoms with Gasteiger partial charge in [-0.3, -0.25) is 0 Å². The van der Waals surface area contributed by atoms with E-state index < -0.39 is 0 Å². The van der Waals surface area contributed by atoms with Crippen LogP contribution in [0.25, 0.3) is 10.8 Å². The lowest BCUT2D eigenvalue weighted by atomic mass is 9.87. The van der Waals surface area contributed by atoms with E-state index in [1.807, 2.05) is 19.1 Å². The first-order valence-electron chi connectivity index (χ1n) is 6.08. The normalized spacial score (nSPS) is 14.8. The molecule has 0 spiro atoms. The van der Waals surface area contributed by atoms with E-state index in [0.717, 1.165) is 0 Å². The molecule has 2 unspecified atom stereocenters. The summed E-state index contributed by atoms with van der Waals surface area (Å²) in [4.78, 5) is 0. The SMILES string of the molecule is CC(N)C(CCO)c1cccc2ccccc12. The summed E-state index contributed by atoms with van der Waals surface area (Å²) in [5.74, 6) is 0.214. The fourth-order valence-electron chi connectivity index (χ4n) is 2.41. The van der Waals surface area contributed by atoms with Crippen LogP contribution in [0.2, 0.25) is 0 Å². The van der Waals surface area contributed by atoms with Gasteiger partial charge in [-0.1, -0.05) is 42.5 Å². The molecule has 2 atom stereocenters. The van der Waals surface area contributed by atoms with Gasteiger partial charge in [0, 0.05) is 18.6 Å². The summed E-state index contributed by atoms with van der Waals surface area (Å²) in [6.07, 6.45) is 0.714. The molecule has 0 saturated carbocycles. The van der Waals surface area contributed by atoms with E-state index in [1.54, 1.807) is 0 Å². The minimum atomic E-state index is 0.0490. The zero-order chi connectivity index (χ0) is 12.3. The maximum atomic E-state index is 9.16. The highest BCUT2D eigenvalue weighted by molar-refractivity contribution is 5.86. The molecular formula is C15H19NO. The predicted molar refractivity (Wildman–Crippen MR) is 72.0 cm³/mol. The van der Waals surface area contributed by atoms with Gasteiger partial charge >= 0.3 is 0 Å². The number of hydrogen-bond donors (Lipinski definition) is 2. The van der Waals surface area contributed by atoms with Gasteiger partial charge in [0.05, 0.1) is 0 Å². The third-order valence-corrected chi connectivity index (χ3v) is 3.30. The maximum absolute atomic E-state index is 9.16. The molecule has 2 rings (SSSR count). The lowest BCUT2D eigenvalue weighted by Gasteiger charge is -2.22. The second kappa shape index (κ2) is 5.30. The molecule has 2 heteroatoms. The van der Waals surface area contributed by atoms with Crippen molar-refractivity contribution in [3.63, 3.8) is 0 Å². The van der Waals surface area contributed by atoms with Gasteiger partial charge in [-0.15, -0.1) is 0 Å². The largest absolute Gasteiger partial charge is 0.396 e. The Labute approximate surface area is 102 Å². The van der Waals surface area contributed by atoms with Crippen LogP contribution < -0.4 is 5.73 Å². The van der Waals surface area contributed by atoms with Gasteiger partial charge < -0.3 is 10.8 Å². The van der Waals surface area contributed by atoms with Gasteiger partial charge in [-0.25, -0.2) is 0 Å². The molecule has 0 saturated heterocycles. The molecule has 0 heterocycles. The summed E-state index contributed by atoms with van der Waals surface area (Å²) in [5, 5.41) is 11.6. The number of hydrogen-bond acceptors (Lipinski definition) is 2. The fourth-order valence-corrected chi connectivity index (χ4v) is 2.41. The van der Waals surface area contributed by atoms with Crippen LogP contribution in [0, 0.1) is 0 Å². The first kappa shape index (κ1) is 12.1. The molecule has 0 fully saturated rings. The second-order valence-electron chi connectivity index (χ2n) is 4.55. The number of aliphatic hydroxyl groups excluding tert-OH is 1. The van der Waals surface area contributed by atoms with Crippen LogP contribution in [0.15, 0.2) is 42.5 Å². The Morgan fingerprint density at radius 1 is 1.12 bits per heavy atom. The lowest BCUT2D eigenvalue weighted by molar-refractivity contribution is 0.269. The highest BCUT2D eigenvalue weighted by Gasteiger charge is 2.17. The zero-order valence-corrected chi connectivity index (χ0v) is 10.1. The minimum Gasteiger partial charge on any atom is -0.396 e. The van der Waals surface area contributed by atoms with Crippen molar-refractivity contribution in [2.45, 2.75) is 25.3 Å². The lowest BCUT2D eigenvalue weighted by Crippen LogP contribution is -2.25. The number of fused-ring (bicyclic) bond motifs is 1. The van der Waals surface area contributed by atoms with Crippen molar-refractivity contribution in [1.29, 1.82) is 0 Å². The van der Waals surface area contributed by atoms with Crippen LogP contribution in [0.1, 0.15) is 24.8 Å². The van der Waals surface area contributed by atoms with Crippen molar-refractivity contribution in [3.05, 3.63) is 48.0 Å². The molecule has 2 aromatic rings. The summed E-state index contributed by atoms with van der Waals surface area (Å²) in [5.41, 5.74) is 7.28. The Morgan fingerprint density at radius 3 is 2.53 bits per heavy atom. The molecule has 0 bridgehead atoms. The average molecular weight is 229 g/mol. The topological polar surface area (TPSA) is 46.2 Å².